The Bertz CT molecular complexity index is 330. The fraction of sp³-hybridized carbons (Fsp3) is 0.882. The van der Waals surface area contributed by atoms with Gasteiger partial charge in [-0.2, -0.15) is 0 Å². The van der Waals surface area contributed by atoms with Gasteiger partial charge in [0.15, 0.2) is 0 Å². The number of carboxylic acid groups (broad SMARTS) is 1. The van der Waals surface area contributed by atoms with E-state index in [1.165, 1.54) is 0 Å². The number of hydrogen-bond donors (Lipinski definition) is 3. The maximum absolute atomic E-state index is 12.0. The van der Waals surface area contributed by atoms with Gasteiger partial charge in [-0.05, 0) is 38.0 Å². The normalized spacial score (nSPS) is 14.1. The van der Waals surface area contributed by atoms with Crippen molar-refractivity contribution < 1.29 is 14.7 Å². The first kappa shape index (κ1) is 20.9. The van der Waals surface area contributed by atoms with Gasteiger partial charge >= 0.3 is 5.97 Å². The van der Waals surface area contributed by atoms with Crippen LogP contribution in [0.5, 0.6) is 0 Å². The Labute approximate surface area is 135 Å². The number of carboxylic acids is 1. The van der Waals surface area contributed by atoms with Crippen LogP contribution in [0.15, 0.2) is 0 Å². The van der Waals surface area contributed by atoms with Gasteiger partial charge in [0.05, 0.1) is 0 Å². The molecule has 0 rings (SSSR count). The zero-order valence-electron chi connectivity index (χ0n) is 14.8. The molecule has 22 heavy (non-hydrogen) atoms. The van der Waals surface area contributed by atoms with Crippen LogP contribution >= 0.6 is 0 Å². The average molecular weight is 314 g/mol. The quantitative estimate of drug-likeness (QED) is 0.484. The van der Waals surface area contributed by atoms with Gasteiger partial charge in [-0.1, -0.05) is 34.6 Å². The van der Waals surface area contributed by atoms with Crippen LogP contribution in [0.4, 0.5) is 0 Å². The predicted octanol–water partition coefficient (Wildman–Crippen LogP) is 2.80. The highest BCUT2D eigenvalue weighted by atomic mass is 16.4. The van der Waals surface area contributed by atoms with Crippen LogP contribution in [0.2, 0.25) is 0 Å². The molecule has 130 valence electrons. The standard InChI is InChI=1S/C17H34N2O3/c1-6-14(11-12(2)3)16(20)18-10-8-7-9-15(17(21)22)19-13(4)5/h12-15,19H,6-11H2,1-5H3,(H,18,20)(H,21,22)/t14-,15+/m1/s1. The molecule has 0 aromatic carbocycles. The van der Waals surface area contributed by atoms with Crippen LogP contribution in [0.25, 0.3) is 0 Å². The molecule has 0 spiro atoms. The van der Waals surface area contributed by atoms with E-state index in [9.17, 15) is 9.59 Å². The Morgan fingerprint density at radius 2 is 1.73 bits per heavy atom. The van der Waals surface area contributed by atoms with E-state index in [0.717, 1.165) is 25.7 Å². The molecule has 0 bridgehead atoms. The molecule has 0 saturated carbocycles. The van der Waals surface area contributed by atoms with E-state index in [-0.39, 0.29) is 17.9 Å². The largest absolute Gasteiger partial charge is 0.480 e. The minimum Gasteiger partial charge on any atom is -0.480 e. The summed E-state index contributed by atoms with van der Waals surface area (Å²) in [6, 6.07) is -0.345. The number of rotatable bonds is 12. The van der Waals surface area contributed by atoms with Crippen LogP contribution in [0.3, 0.4) is 0 Å². The third-order valence-electron chi connectivity index (χ3n) is 3.67. The molecule has 5 nitrogen and oxygen atoms in total. The van der Waals surface area contributed by atoms with Gasteiger partial charge in [-0.15, -0.1) is 0 Å². The topological polar surface area (TPSA) is 78.4 Å². The van der Waals surface area contributed by atoms with Gasteiger partial charge in [0, 0.05) is 18.5 Å². The van der Waals surface area contributed by atoms with Crippen LogP contribution < -0.4 is 10.6 Å². The van der Waals surface area contributed by atoms with Gasteiger partial charge in [0.25, 0.3) is 0 Å². The first-order chi connectivity index (χ1) is 10.3. The minimum absolute atomic E-state index is 0.0920. The van der Waals surface area contributed by atoms with Crippen molar-refractivity contribution >= 4 is 11.9 Å². The molecule has 0 aromatic heterocycles. The van der Waals surface area contributed by atoms with E-state index in [0.29, 0.717) is 18.9 Å². The summed E-state index contributed by atoms with van der Waals surface area (Å²) in [5, 5.41) is 15.1. The van der Waals surface area contributed by atoms with E-state index in [2.05, 4.69) is 24.5 Å². The molecule has 1 amide bonds. The van der Waals surface area contributed by atoms with E-state index in [1.807, 2.05) is 20.8 Å². The molecule has 0 fully saturated rings. The Kier molecular flexibility index (Phi) is 10.9. The molecule has 2 atom stereocenters. The molecule has 0 heterocycles. The summed E-state index contributed by atoms with van der Waals surface area (Å²) in [6.45, 7) is 10.8. The summed E-state index contributed by atoms with van der Waals surface area (Å²) in [6.07, 6.45) is 3.98. The number of carbonyl (C=O) groups excluding carboxylic acids is 1. The number of hydrogen-bond acceptors (Lipinski definition) is 3. The Balaban J connectivity index is 3.95. The first-order valence-electron chi connectivity index (χ1n) is 8.54. The van der Waals surface area contributed by atoms with Crippen molar-refractivity contribution in [3.63, 3.8) is 0 Å². The molecule has 0 aliphatic heterocycles. The van der Waals surface area contributed by atoms with E-state index in [4.69, 9.17) is 5.11 Å². The first-order valence-corrected chi connectivity index (χ1v) is 8.54. The lowest BCUT2D eigenvalue weighted by Gasteiger charge is -2.18. The van der Waals surface area contributed by atoms with Crippen molar-refractivity contribution in [1.29, 1.82) is 0 Å². The fourth-order valence-corrected chi connectivity index (χ4v) is 2.54. The monoisotopic (exact) mass is 314 g/mol. The lowest BCUT2D eigenvalue weighted by Crippen LogP contribution is -2.40. The third kappa shape index (κ3) is 9.77. The van der Waals surface area contributed by atoms with Crippen molar-refractivity contribution in [2.75, 3.05) is 6.54 Å². The zero-order valence-corrected chi connectivity index (χ0v) is 14.8. The highest BCUT2D eigenvalue weighted by molar-refractivity contribution is 5.78. The van der Waals surface area contributed by atoms with Gasteiger partial charge in [-0.3, -0.25) is 9.59 Å². The fourth-order valence-electron chi connectivity index (χ4n) is 2.54. The smallest absolute Gasteiger partial charge is 0.320 e. The highest BCUT2D eigenvalue weighted by Crippen LogP contribution is 2.15. The number of nitrogens with one attached hydrogen (secondary N) is 2. The van der Waals surface area contributed by atoms with Crippen LogP contribution in [0.1, 0.15) is 66.7 Å². The molecular formula is C17H34N2O3. The number of aliphatic carboxylic acids is 1. The number of unbranched alkanes of at least 4 members (excludes halogenated alkanes) is 1. The molecule has 0 saturated heterocycles. The molecule has 0 aliphatic rings. The lowest BCUT2D eigenvalue weighted by atomic mass is 9.94. The van der Waals surface area contributed by atoms with E-state index < -0.39 is 12.0 Å². The molecular weight excluding hydrogens is 280 g/mol. The summed E-state index contributed by atoms with van der Waals surface area (Å²) < 4.78 is 0. The maximum Gasteiger partial charge on any atom is 0.320 e. The van der Waals surface area contributed by atoms with Crippen LogP contribution in [-0.2, 0) is 9.59 Å². The van der Waals surface area contributed by atoms with Gasteiger partial charge in [-0.25, -0.2) is 0 Å². The Hall–Kier alpha value is -1.10. The molecule has 0 aliphatic carbocycles. The van der Waals surface area contributed by atoms with Crippen LogP contribution in [-0.4, -0.2) is 35.6 Å². The lowest BCUT2D eigenvalue weighted by molar-refractivity contribution is -0.140. The van der Waals surface area contributed by atoms with Crippen molar-refractivity contribution in [2.45, 2.75) is 78.8 Å². The van der Waals surface area contributed by atoms with Crippen molar-refractivity contribution in [3.8, 4) is 0 Å². The molecule has 3 N–H and O–H groups in total. The van der Waals surface area contributed by atoms with Crippen molar-refractivity contribution in [3.05, 3.63) is 0 Å². The second-order valence-electron chi connectivity index (χ2n) is 6.73. The highest BCUT2D eigenvalue weighted by Gasteiger charge is 2.18. The van der Waals surface area contributed by atoms with Crippen molar-refractivity contribution in [1.82, 2.24) is 10.6 Å². The maximum atomic E-state index is 12.0. The summed E-state index contributed by atoms with van der Waals surface area (Å²) >= 11 is 0. The SMILES string of the molecule is CC[C@H](CC(C)C)C(=O)NCCCC[C@H](NC(C)C)C(=O)O. The van der Waals surface area contributed by atoms with Crippen LogP contribution in [0, 0.1) is 11.8 Å². The third-order valence-corrected chi connectivity index (χ3v) is 3.67. The molecule has 5 heteroatoms. The zero-order chi connectivity index (χ0) is 17.1. The van der Waals surface area contributed by atoms with Gasteiger partial charge in [0.1, 0.15) is 6.04 Å². The average Bonchev–Trinajstić information content (AvgIpc) is 2.41. The molecule has 0 radical (unpaired) electrons. The predicted molar refractivity (Wildman–Crippen MR) is 89.8 cm³/mol. The summed E-state index contributed by atoms with van der Waals surface area (Å²) in [7, 11) is 0. The minimum atomic E-state index is -0.805. The number of amides is 1. The number of carbonyl (C=O) groups is 2. The Morgan fingerprint density at radius 3 is 2.18 bits per heavy atom. The Morgan fingerprint density at radius 1 is 1.09 bits per heavy atom. The summed E-state index contributed by atoms with van der Waals surface area (Å²) in [5.74, 6) is -0.0597. The summed E-state index contributed by atoms with van der Waals surface area (Å²) in [5.41, 5.74) is 0. The van der Waals surface area contributed by atoms with Crippen molar-refractivity contribution in [2.24, 2.45) is 11.8 Å². The second kappa shape index (κ2) is 11.5. The van der Waals surface area contributed by atoms with Gasteiger partial charge in [0.2, 0.25) is 5.91 Å². The molecule has 0 unspecified atom stereocenters. The van der Waals surface area contributed by atoms with E-state index >= 15 is 0 Å². The summed E-state index contributed by atoms with van der Waals surface area (Å²) in [4.78, 5) is 23.1. The van der Waals surface area contributed by atoms with Gasteiger partial charge < -0.3 is 15.7 Å². The van der Waals surface area contributed by atoms with E-state index in [1.54, 1.807) is 0 Å². The molecule has 0 aromatic rings. The second-order valence-corrected chi connectivity index (χ2v) is 6.73.